The highest BCUT2D eigenvalue weighted by Crippen LogP contribution is 2.26. The Hall–Kier alpha value is -2.27. The predicted octanol–water partition coefficient (Wildman–Crippen LogP) is 4.68. The molecule has 2 aromatic carbocycles. The van der Waals surface area contributed by atoms with Gasteiger partial charge in [0.25, 0.3) is 0 Å². The van der Waals surface area contributed by atoms with E-state index >= 15 is 0 Å². The quantitative estimate of drug-likeness (QED) is 0.724. The van der Waals surface area contributed by atoms with Gasteiger partial charge in [-0.1, -0.05) is 52.3 Å². The van der Waals surface area contributed by atoms with Crippen molar-refractivity contribution in [2.45, 2.75) is 6.61 Å². The lowest BCUT2D eigenvalue weighted by Crippen LogP contribution is -2.13. The van der Waals surface area contributed by atoms with Crippen molar-refractivity contribution in [3.63, 3.8) is 0 Å². The maximum Gasteiger partial charge on any atom is 0.413 e. The normalized spacial score (nSPS) is 10.5. The van der Waals surface area contributed by atoms with E-state index in [-0.39, 0.29) is 6.61 Å². The summed E-state index contributed by atoms with van der Waals surface area (Å²) >= 11 is 3.47. The van der Waals surface area contributed by atoms with E-state index in [9.17, 15) is 4.79 Å². The molecule has 0 radical (unpaired) electrons. The van der Waals surface area contributed by atoms with Gasteiger partial charge in [0, 0.05) is 15.4 Å². The molecule has 0 bridgehead atoms. The maximum absolute atomic E-state index is 11.8. The Balaban J connectivity index is 1.65. The first kappa shape index (κ1) is 13.7. The van der Waals surface area contributed by atoms with Gasteiger partial charge in [-0.25, -0.2) is 4.79 Å². The second-order valence-electron chi connectivity index (χ2n) is 4.57. The van der Waals surface area contributed by atoms with Crippen LogP contribution in [0.5, 0.6) is 0 Å². The zero-order valence-corrected chi connectivity index (χ0v) is 12.7. The molecule has 0 unspecified atom stereocenters. The largest absolute Gasteiger partial charge is 0.444 e. The zero-order valence-electron chi connectivity index (χ0n) is 11.1. The average molecular weight is 345 g/mol. The number of halogens is 1. The summed E-state index contributed by atoms with van der Waals surface area (Å²) in [4.78, 5) is 14.9. The van der Waals surface area contributed by atoms with E-state index in [1.165, 1.54) is 0 Å². The molecule has 21 heavy (non-hydrogen) atoms. The van der Waals surface area contributed by atoms with Gasteiger partial charge in [0.05, 0.1) is 0 Å². The number of anilines is 1. The van der Waals surface area contributed by atoms with E-state index < -0.39 is 6.09 Å². The fraction of sp³-hybridized carbons (Fsp3) is 0.0625. The molecule has 1 amide bonds. The first-order valence-corrected chi connectivity index (χ1v) is 7.26. The molecule has 106 valence electrons. The van der Waals surface area contributed by atoms with E-state index in [2.05, 4.69) is 26.2 Å². The molecule has 1 heterocycles. The van der Waals surface area contributed by atoms with E-state index in [1.54, 1.807) is 0 Å². The number of H-pyrrole nitrogens is 1. The van der Waals surface area contributed by atoms with E-state index in [1.807, 2.05) is 54.6 Å². The number of amides is 1. The molecule has 0 saturated carbocycles. The second kappa shape index (κ2) is 6.01. The smallest absolute Gasteiger partial charge is 0.413 e. The predicted molar refractivity (Wildman–Crippen MR) is 86.2 cm³/mol. The molecule has 1 aromatic heterocycles. The van der Waals surface area contributed by atoms with Gasteiger partial charge in [0.1, 0.15) is 12.4 Å². The number of carbonyl (C=O) groups excluding carboxylic acids is 1. The topological polar surface area (TPSA) is 54.1 Å². The number of fused-ring (bicyclic) bond motifs is 1. The first-order chi connectivity index (χ1) is 10.2. The van der Waals surface area contributed by atoms with Gasteiger partial charge >= 0.3 is 6.09 Å². The van der Waals surface area contributed by atoms with Crippen molar-refractivity contribution in [3.05, 3.63) is 64.6 Å². The van der Waals surface area contributed by atoms with Gasteiger partial charge < -0.3 is 9.72 Å². The van der Waals surface area contributed by atoms with Gasteiger partial charge in [0.15, 0.2) is 0 Å². The van der Waals surface area contributed by atoms with Crippen LogP contribution in [0.25, 0.3) is 10.9 Å². The number of ether oxygens (including phenoxy) is 1. The maximum atomic E-state index is 11.8. The van der Waals surface area contributed by atoms with Gasteiger partial charge in [0.2, 0.25) is 0 Å². The third-order valence-electron chi connectivity index (χ3n) is 3.06. The molecular weight excluding hydrogens is 332 g/mol. The Morgan fingerprint density at radius 1 is 1.14 bits per heavy atom. The summed E-state index contributed by atoms with van der Waals surface area (Å²) in [7, 11) is 0. The van der Waals surface area contributed by atoms with Crippen LogP contribution in [0.15, 0.2) is 59.1 Å². The SMILES string of the molecule is O=C(Nc1cc2c(Br)cccc2[nH]1)OCc1ccccc1. The minimum atomic E-state index is -0.485. The molecular formula is C16H13BrN2O2. The van der Waals surface area contributed by atoms with Crippen molar-refractivity contribution in [1.82, 2.24) is 4.98 Å². The Morgan fingerprint density at radius 2 is 1.95 bits per heavy atom. The van der Waals surface area contributed by atoms with Crippen molar-refractivity contribution in [3.8, 4) is 0 Å². The highest BCUT2D eigenvalue weighted by atomic mass is 79.9. The molecule has 0 atom stereocenters. The number of benzene rings is 2. The highest BCUT2D eigenvalue weighted by Gasteiger charge is 2.08. The zero-order chi connectivity index (χ0) is 14.7. The Labute approximate surface area is 130 Å². The summed E-state index contributed by atoms with van der Waals surface area (Å²) in [6.07, 6.45) is -0.485. The molecule has 0 aliphatic rings. The van der Waals surface area contributed by atoms with Crippen LogP contribution in [0.2, 0.25) is 0 Å². The molecule has 3 aromatic rings. The fourth-order valence-electron chi connectivity index (χ4n) is 2.05. The minimum absolute atomic E-state index is 0.247. The number of rotatable bonds is 3. The fourth-order valence-corrected chi connectivity index (χ4v) is 2.54. The molecule has 0 fully saturated rings. The summed E-state index contributed by atoms with van der Waals surface area (Å²) in [5.41, 5.74) is 1.90. The summed E-state index contributed by atoms with van der Waals surface area (Å²) in [6, 6.07) is 17.3. The first-order valence-electron chi connectivity index (χ1n) is 6.47. The van der Waals surface area contributed by atoms with Crippen LogP contribution in [0.4, 0.5) is 10.6 Å². The molecule has 5 heteroatoms. The lowest BCUT2D eigenvalue weighted by molar-refractivity contribution is 0.155. The number of carbonyl (C=O) groups is 1. The van der Waals surface area contributed by atoms with Crippen LogP contribution < -0.4 is 5.32 Å². The molecule has 3 rings (SSSR count). The lowest BCUT2D eigenvalue weighted by atomic mass is 10.2. The van der Waals surface area contributed by atoms with E-state index in [0.29, 0.717) is 5.82 Å². The standard InChI is InChI=1S/C16H13BrN2O2/c17-13-7-4-8-14-12(13)9-15(18-14)19-16(20)21-10-11-5-2-1-3-6-11/h1-9,18H,10H2,(H,19,20). The van der Waals surface area contributed by atoms with Crippen LogP contribution in [-0.2, 0) is 11.3 Å². The molecule has 4 nitrogen and oxygen atoms in total. The van der Waals surface area contributed by atoms with Crippen molar-refractivity contribution < 1.29 is 9.53 Å². The Morgan fingerprint density at radius 3 is 2.71 bits per heavy atom. The minimum Gasteiger partial charge on any atom is -0.444 e. The van der Waals surface area contributed by atoms with Crippen LogP contribution in [0.3, 0.4) is 0 Å². The van der Waals surface area contributed by atoms with Crippen molar-refractivity contribution in [2.75, 3.05) is 5.32 Å². The molecule has 0 aliphatic carbocycles. The number of aromatic amines is 1. The molecule has 2 N–H and O–H groups in total. The third-order valence-corrected chi connectivity index (χ3v) is 3.75. The Bertz CT molecular complexity index is 768. The van der Waals surface area contributed by atoms with Crippen molar-refractivity contribution >= 4 is 38.7 Å². The third kappa shape index (κ3) is 3.25. The highest BCUT2D eigenvalue weighted by molar-refractivity contribution is 9.10. The van der Waals surface area contributed by atoms with Gasteiger partial charge in [-0.2, -0.15) is 0 Å². The Kier molecular flexibility index (Phi) is 3.92. The average Bonchev–Trinajstić information content (AvgIpc) is 2.90. The van der Waals surface area contributed by atoms with Crippen LogP contribution in [-0.4, -0.2) is 11.1 Å². The monoisotopic (exact) mass is 344 g/mol. The molecule has 0 aliphatic heterocycles. The second-order valence-corrected chi connectivity index (χ2v) is 5.43. The summed E-state index contributed by atoms with van der Waals surface area (Å²) in [5, 5.41) is 3.70. The van der Waals surface area contributed by atoms with E-state index in [0.717, 1.165) is 20.9 Å². The summed E-state index contributed by atoms with van der Waals surface area (Å²) in [5.74, 6) is 0.606. The van der Waals surface area contributed by atoms with Gasteiger partial charge in [-0.3, -0.25) is 5.32 Å². The van der Waals surface area contributed by atoms with Crippen LogP contribution in [0, 0.1) is 0 Å². The van der Waals surface area contributed by atoms with Gasteiger partial charge in [-0.15, -0.1) is 0 Å². The molecule has 0 spiro atoms. The van der Waals surface area contributed by atoms with Gasteiger partial charge in [-0.05, 0) is 23.8 Å². The number of hydrogen-bond donors (Lipinski definition) is 2. The van der Waals surface area contributed by atoms with Crippen LogP contribution in [0.1, 0.15) is 5.56 Å². The number of nitrogens with one attached hydrogen (secondary N) is 2. The summed E-state index contributed by atoms with van der Waals surface area (Å²) < 4.78 is 6.15. The van der Waals surface area contributed by atoms with Crippen LogP contribution >= 0.6 is 15.9 Å². The van der Waals surface area contributed by atoms with E-state index in [4.69, 9.17) is 4.74 Å². The number of aromatic nitrogens is 1. The van der Waals surface area contributed by atoms with Crippen molar-refractivity contribution in [2.24, 2.45) is 0 Å². The number of hydrogen-bond acceptors (Lipinski definition) is 2. The molecule has 0 saturated heterocycles. The summed E-state index contributed by atoms with van der Waals surface area (Å²) in [6.45, 7) is 0.247. The lowest BCUT2D eigenvalue weighted by Gasteiger charge is -2.05. The van der Waals surface area contributed by atoms with Crippen molar-refractivity contribution in [1.29, 1.82) is 0 Å².